The molecule has 2 fully saturated rings. The fourth-order valence-corrected chi connectivity index (χ4v) is 4.33. The van der Waals surface area contributed by atoms with E-state index in [1.807, 2.05) is 12.4 Å². The minimum absolute atomic E-state index is 0.364. The molecule has 126 valence electrons. The lowest BCUT2D eigenvalue weighted by Gasteiger charge is -2.40. The Balaban J connectivity index is 1.76. The Morgan fingerprint density at radius 2 is 1.08 bits per heavy atom. The van der Waals surface area contributed by atoms with Gasteiger partial charge in [0.05, 0.1) is 12.1 Å². The second-order valence-electron chi connectivity index (χ2n) is 6.95. The van der Waals surface area contributed by atoms with Crippen LogP contribution in [0.4, 0.5) is 0 Å². The number of likely N-dealkylation sites (tertiary alicyclic amines) is 2. The molecule has 2 aliphatic rings. The van der Waals surface area contributed by atoms with Crippen molar-refractivity contribution >= 4 is 0 Å². The minimum atomic E-state index is 0.364. The molecule has 2 unspecified atom stereocenters. The van der Waals surface area contributed by atoms with E-state index in [1.165, 1.54) is 63.0 Å². The van der Waals surface area contributed by atoms with Crippen LogP contribution < -0.4 is 0 Å². The predicted octanol–water partition coefficient (Wildman–Crippen LogP) is 3.45. The van der Waals surface area contributed by atoms with Crippen molar-refractivity contribution in [1.82, 2.24) is 19.8 Å². The lowest BCUT2D eigenvalue weighted by molar-refractivity contribution is 0.109. The van der Waals surface area contributed by atoms with Gasteiger partial charge in [0.15, 0.2) is 0 Å². The highest BCUT2D eigenvalue weighted by Crippen LogP contribution is 2.41. The maximum atomic E-state index is 4.42. The Bertz CT molecular complexity index is 561. The smallest absolute Gasteiger partial charge is 0.0561 e. The third-order valence-corrected chi connectivity index (χ3v) is 5.42. The van der Waals surface area contributed by atoms with Crippen molar-refractivity contribution in [3.63, 3.8) is 0 Å². The Labute approximate surface area is 144 Å². The zero-order chi connectivity index (χ0) is 16.2. The molecule has 2 aromatic heterocycles. The molecule has 0 amide bonds. The van der Waals surface area contributed by atoms with E-state index in [1.54, 1.807) is 0 Å². The van der Waals surface area contributed by atoms with Crippen LogP contribution >= 0.6 is 0 Å². The van der Waals surface area contributed by atoms with Gasteiger partial charge in [-0.2, -0.15) is 0 Å². The van der Waals surface area contributed by atoms with Gasteiger partial charge in [-0.25, -0.2) is 0 Å². The van der Waals surface area contributed by atoms with Crippen molar-refractivity contribution in [2.75, 3.05) is 26.2 Å². The van der Waals surface area contributed by atoms with Gasteiger partial charge in [0.25, 0.3) is 0 Å². The molecule has 0 aliphatic carbocycles. The van der Waals surface area contributed by atoms with Crippen LogP contribution in [0.25, 0.3) is 0 Å². The van der Waals surface area contributed by atoms with Gasteiger partial charge in [0, 0.05) is 24.8 Å². The standard InChI is InChI=1S/C20H26N4/c1-2-12-23(11-1)19(17-7-5-9-21-15-17)20(24-13-3-4-14-24)18-8-6-10-22-16-18/h5-10,15-16,19-20H,1-4,11-14H2. The van der Waals surface area contributed by atoms with E-state index in [4.69, 9.17) is 0 Å². The van der Waals surface area contributed by atoms with E-state index in [0.29, 0.717) is 12.1 Å². The Morgan fingerprint density at radius 3 is 1.42 bits per heavy atom. The van der Waals surface area contributed by atoms with Crippen LogP contribution in [0.2, 0.25) is 0 Å². The molecule has 2 atom stereocenters. The molecule has 24 heavy (non-hydrogen) atoms. The fourth-order valence-electron chi connectivity index (χ4n) is 4.33. The molecule has 4 heterocycles. The first-order chi connectivity index (χ1) is 11.9. The zero-order valence-corrected chi connectivity index (χ0v) is 14.2. The van der Waals surface area contributed by atoms with Crippen LogP contribution in [0.1, 0.15) is 48.9 Å². The van der Waals surface area contributed by atoms with E-state index in [9.17, 15) is 0 Å². The average Bonchev–Trinajstić information content (AvgIpc) is 3.35. The second kappa shape index (κ2) is 7.41. The van der Waals surface area contributed by atoms with Crippen LogP contribution in [-0.2, 0) is 0 Å². The molecule has 0 saturated carbocycles. The molecule has 2 aromatic rings. The molecular weight excluding hydrogens is 296 g/mol. The second-order valence-corrected chi connectivity index (χ2v) is 6.95. The fraction of sp³-hybridized carbons (Fsp3) is 0.500. The van der Waals surface area contributed by atoms with Gasteiger partial charge in [-0.15, -0.1) is 0 Å². The number of hydrogen-bond acceptors (Lipinski definition) is 4. The van der Waals surface area contributed by atoms with Crippen LogP contribution in [0.3, 0.4) is 0 Å². The average molecular weight is 322 g/mol. The van der Waals surface area contributed by atoms with Gasteiger partial charge in [-0.05, 0) is 75.1 Å². The number of pyridine rings is 2. The minimum Gasteiger partial charge on any atom is -0.294 e. The molecule has 0 spiro atoms. The Kier molecular flexibility index (Phi) is 4.86. The van der Waals surface area contributed by atoms with E-state index in [2.05, 4.69) is 56.4 Å². The van der Waals surface area contributed by atoms with Crippen LogP contribution in [0, 0.1) is 0 Å². The molecule has 2 saturated heterocycles. The van der Waals surface area contributed by atoms with Crippen molar-refractivity contribution in [2.24, 2.45) is 0 Å². The Morgan fingerprint density at radius 1 is 0.667 bits per heavy atom. The largest absolute Gasteiger partial charge is 0.294 e. The van der Waals surface area contributed by atoms with Gasteiger partial charge in [-0.1, -0.05) is 12.1 Å². The summed E-state index contributed by atoms with van der Waals surface area (Å²) in [5, 5.41) is 0. The topological polar surface area (TPSA) is 32.3 Å². The van der Waals surface area contributed by atoms with Crippen molar-refractivity contribution in [3.8, 4) is 0 Å². The van der Waals surface area contributed by atoms with Gasteiger partial charge in [0.2, 0.25) is 0 Å². The summed E-state index contributed by atoms with van der Waals surface area (Å²) in [7, 11) is 0. The molecule has 0 bridgehead atoms. The lowest BCUT2D eigenvalue weighted by Crippen LogP contribution is -2.39. The maximum absolute atomic E-state index is 4.42. The van der Waals surface area contributed by atoms with Gasteiger partial charge < -0.3 is 0 Å². The van der Waals surface area contributed by atoms with Crippen molar-refractivity contribution in [2.45, 2.75) is 37.8 Å². The zero-order valence-electron chi connectivity index (χ0n) is 14.2. The number of hydrogen-bond donors (Lipinski definition) is 0. The third kappa shape index (κ3) is 3.21. The van der Waals surface area contributed by atoms with Crippen LogP contribution in [0.5, 0.6) is 0 Å². The summed E-state index contributed by atoms with van der Waals surface area (Å²) in [6.45, 7) is 4.74. The SMILES string of the molecule is c1cncc(C(C(c2cccnc2)N2CCCC2)N2CCCC2)c1. The summed E-state index contributed by atoms with van der Waals surface area (Å²) in [6.07, 6.45) is 13.1. The molecule has 4 rings (SSSR count). The van der Waals surface area contributed by atoms with E-state index >= 15 is 0 Å². The number of aromatic nitrogens is 2. The highest BCUT2D eigenvalue weighted by Gasteiger charge is 2.36. The van der Waals surface area contributed by atoms with Crippen molar-refractivity contribution < 1.29 is 0 Å². The summed E-state index contributed by atoms with van der Waals surface area (Å²) in [5.41, 5.74) is 2.67. The molecule has 4 nitrogen and oxygen atoms in total. The van der Waals surface area contributed by atoms with Gasteiger partial charge in [-0.3, -0.25) is 19.8 Å². The number of nitrogens with zero attached hydrogens (tertiary/aromatic N) is 4. The van der Waals surface area contributed by atoms with Crippen molar-refractivity contribution in [1.29, 1.82) is 0 Å². The highest BCUT2D eigenvalue weighted by molar-refractivity contribution is 5.25. The van der Waals surface area contributed by atoms with Crippen molar-refractivity contribution in [3.05, 3.63) is 60.2 Å². The highest BCUT2D eigenvalue weighted by atomic mass is 15.3. The maximum Gasteiger partial charge on any atom is 0.0561 e. The first-order valence-electron chi connectivity index (χ1n) is 9.21. The summed E-state index contributed by atoms with van der Waals surface area (Å²) in [4.78, 5) is 14.2. The monoisotopic (exact) mass is 322 g/mol. The van der Waals surface area contributed by atoms with Gasteiger partial charge in [0.1, 0.15) is 0 Å². The molecule has 2 aliphatic heterocycles. The normalized spacial score (nSPS) is 21.8. The van der Waals surface area contributed by atoms with Crippen LogP contribution in [0.15, 0.2) is 49.1 Å². The van der Waals surface area contributed by atoms with E-state index in [0.717, 1.165) is 0 Å². The predicted molar refractivity (Wildman–Crippen MR) is 95.6 cm³/mol. The molecule has 4 heteroatoms. The molecule has 0 N–H and O–H groups in total. The molecule has 0 radical (unpaired) electrons. The summed E-state index contributed by atoms with van der Waals surface area (Å²) in [5.74, 6) is 0. The van der Waals surface area contributed by atoms with Gasteiger partial charge >= 0.3 is 0 Å². The summed E-state index contributed by atoms with van der Waals surface area (Å²) < 4.78 is 0. The quantitative estimate of drug-likeness (QED) is 0.844. The third-order valence-electron chi connectivity index (χ3n) is 5.42. The molecule has 0 aromatic carbocycles. The number of rotatable bonds is 5. The molecular formula is C20H26N4. The summed E-state index contributed by atoms with van der Waals surface area (Å²) in [6, 6.07) is 9.36. The van der Waals surface area contributed by atoms with E-state index in [-0.39, 0.29) is 0 Å². The summed E-state index contributed by atoms with van der Waals surface area (Å²) >= 11 is 0. The van der Waals surface area contributed by atoms with E-state index < -0.39 is 0 Å². The first kappa shape index (κ1) is 15.7. The Hall–Kier alpha value is -1.78. The lowest BCUT2D eigenvalue weighted by atomic mass is 9.92. The first-order valence-corrected chi connectivity index (χ1v) is 9.21. The van der Waals surface area contributed by atoms with Crippen LogP contribution in [-0.4, -0.2) is 45.9 Å².